The third kappa shape index (κ3) is 4.40. The molecule has 0 aromatic rings. The van der Waals surface area contributed by atoms with E-state index in [0.29, 0.717) is 25.6 Å². The van der Waals surface area contributed by atoms with Crippen molar-refractivity contribution in [3.8, 4) is 0 Å². The third-order valence-electron chi connectivity index (χ3n) is 4.58. The molecule has 0 saturated carbocycles. The lowest BCUT2D eigenvalue weighted by molar-refractivity contribution is -0.134. The van der Waals surface area contributed by atoms with E-state index in [1.165, 1.54) is 10.6 Å². The molecular weight excluding hydrogens is 290 g/mol. The second kappa shape index (κ2) is 6.62. The van der Waals surface area contributed by atoms with Gasteiger partial charge in [0, 0.05) is 51.7 Å². The maximum Gasteiger partial charge on any atom is 0.222 e. The standard InChI is InChI=1S/C14H27N3O3S/c1-12(2)15-6-8-16(9-7-15)14(18)10-13-4-5-17(11-13)21(3,19)20/h12-13H,4-11H2,1-3H3. The summed E-state index contributed by atoms with van der Waals surface area (Å²) in [5.41, 5.74) is 0. The predicted octanol–water partition coefficient (Wildman–Crippen LogP) is 0.211. The number of amides is 1. The summed E-state index contributed by atoms with van der Waals surface area (Å²) in [6.07, 6.45) is 2.51. The van der Waals surface area contributed by atoms with Gasteiger partial charge in [0.15, 0.2) is 0 Å². The van der Waals surface area contributed by atoms with Crippen LogP contribution in [-0.2, 0) is 14.8 Å². The minimum Gasteiger partial charge on any atom is -0.340 e. The molecule has 0 N–H and O–H groups in total. The highest BCUT2D eigenvalue weighted by molar-refractivity contribution is 7.88. The largest absolute Gasteiger partial charge is 0.340 e. The Balaban J connectivity index is 1.79. The lowest BCUT2D eigenvalue weighted by atomic mass is 10.0. The van der Waals surface area contributed by atoms with E-state index in [9.17, 15) is 13.2 Å². The molecule has 2 aliphatic rings. The van der Waals surface area contributed by atoms with E-state index in [1.807, 2.05) is 4.90 Å². The monoisotopic (exact) mass is 317 g/mol. The van der Waals surface area contributed by atoms with Crippen molar-refractivity contribution in [2.45, 2.75) is 32.7 Å². The molecule has 0 bridgehead atoms. The second-order valence-corrected chi connectivity index (χ2v) is 8.47. The first-order valence-electron chi connectivity index (χ1n) is 7.74. The Morgan fingerprint density at radius 3 is 2.24 bits per heavy atom. The zero-order valence-corrected chi connectivity index (χ0v) is 14.1. The Labute approximate surface area is 128 Å². The van der Waals surface area contributed by atoms with Crippen molar-refractivity contribution in [3.63, 3.8) is 0 Å². The minimum atomic E-state index is -3.11. The minimum absolute atomic E-state index is 0.176. The molecule has 0 spiro atoms. The fraction of sp³-hybridized carbons (Fsp3) is 0.929. The average Bonchev–Trinajstić information content (AvgIpc) is 2.87. The van der Waals surface area contributed by atoms with Gasteiger partial charge in [0.2, 0.25) is 15.9 Å². The summed E-state index contributed by atoms with van der Waals surface area (Å²) in [6.45, 7) is 8.85. The van der Waals surface area contributed by atoms with E-state index in [4.69, 9.17) is 0 Å². The van der Waals surface area contributed by atoms with Crippen molar-refractivity contribution < 1.29 is 13.2 Å². The fourth-order valence-corrected chi connectivity index (χ4v) is 4.05. The molecule has 2 heterocycles. The van der Waals surface area contributed by atoms with Crippen molar-refractivity contribution in [3.05, 3.63) is 0 Å². The molecular formula is C14H27N3O3S. The normalized spacial score (nSPS) is 25.7. The Bertz CT molecular complexity index is 470. The average molecular weight is 317 g/mol. The van der Waals surface area contributed by atoms with E-state index in [2.05, 4.69) is 18.7 Å². The lowest BCUT2D eigenvalue weighted by Gasteiger charge is -2.37. The number of sulfonamides is 1. The van der Waals surface area contributed by atoms with Crippen LogP contribution in [0.1, 0.15) is 26.7 Å². The van der Waals surface area contributed by atoms with E-state index < -0.39 is 10.0 Å². The molecule has 21 heavy (non-hydrogen) atoms. The number of piperazine rings is 1. The number of rotatable bonds is 4. The Morgan fingerprint density at radius 2 is 1.76 bits per heavy atom. The zero-order chi connectivity index (χ0) is 15.6. The molecule has 0 aromatic heterocycles. The maximum absolute atomic E-state index is 12.3. The van der Waals surface area contributed by atoms with Crippen molar-refractivity contribution >= 4 is 15.9 Å². The maximum atomic E-state index is 12.3. The van der Waals surface area contributed by atoms with Gasteiger partial charge in [0.05, 0.1) is 6.26 Å². The molecule has 2 fully saturated rings. The molecule has 2 aliphatic heterocycles. The van der Waals surface area contributed by atoms with Gasteiger partial charge >= 0.3 is 0 Å². The molecule has 1 amide bonds. The summed E-state index contributed by atoms with van der Waals surface area (Å²) < 4.78 is 24.5. The molecule has 2 saturated heterocycles. The smallest absolute Gasteiger partial charge is 0.222 e. The summed E-state index contributed by atoms with van der Waals surface area (Å²) in [4.78, 5) is 16.6. The van der Waals surface area contributed by atoms with Gasteiger partial charge in [-0.05, 0) is 26.2 Å². The summed E-state index contributed by atoms with van der Waals surface area (Å²) >= 11 is 0. The lowest BCUT2D eigenvalue weighted by Crippen LogP contribution is -2.51. The molecule has 0 aliphatic carbocycles. The Morgan fingerprint density at radius 1 is 1.14 bits per heavy atom. The quantitative estimate of drug-likeness (QED) is 0.744. The third-order valence-corrected chi connectivity index (χ3v) is 5.85. The highest BCUT2D eigenvalue weighted by atomic mass is 32.2. The first-order chi connectivity index (χ1) is 9.77. The van der Waals surface area contributed by atoms with Crippen LogP contribution in [-0.4, -0.2) is 80.0 Å². The van der Waals surface area contributed by atoms with Crippen LogP contribution in [0, 0.1) is 5.92 Å². The molecule has 2 rings (SSSR count). The van der Waals surface area contributed by atoms with Gasteiger partial charge in [0.1, 0.15) is 0 Å². The molecule has 6 nitrogen and oxygen atoms in total. The first kappa shape index (κ1) is 16.7. The Hall–Kier alpha value is -0.660. The number of carbonyl (C=O) groups excluding carboxylic acids is 1. The van der Waals surface area contributed by atoms with Crippen LogP contribution >= 0.6 is 0 Å². The molecule has 1 atom stereocenters. The second-order valence-electron chi connectivity index (χ2n) is 6.49. The van der Waals surface area contributed by atoms with Gasteiger partial charge in [-0.3, -0.25) is 9.69 Å². The summed E-state index contributed by atoms with van der Waals surface area (Å²) in [7, 11) is -3.11. The van der Waals surface area contributed by atoms with Gasteiger partial charge < -0.3 is 4.90 Å². The van der Waals surface area contributed by atoms with Crippen LogP contribution in [0.5, 0.6) is 0 Å². The van der Waals surface area contributed by atoms with Crippen LogP contribution in [0.4, 0.5) is 0 Å². The van der Waals surface area contributed by atoms with E-state index >= 15 is 0 Å². The highest BCUT2D eigenvalue weighted by Crippen LogP contribution is 2.22. The summed E-state index contributed by atoms with van der Waals surface area (Å²) in [5.74, 6) is 0.356. The van der Waals surface area contributed by atoms with Gasteiger partial charge in [-0.2, -0.15) is 0 Å². The molecule has 0 radical (unpaired) electrons. The summed E-state index contributed by atoms with van der Waals surface area (Å²) in [5, 5.41) is 0. The molecule has 0 aromatic carbocycles. The number of carbonyl (C=O) groups is 1. The predicted molar refractivity (Wildman–Crippen MR) is 82.4 cm³/mol. The van der Waals surface area contributed by atoms with E-state index in [1.54, 1.807) is 0 Å². The van der Waals surface area contributed by atoms with Crippen molar-refractivity contribution in [1.29, 1.82) is 0 Å². The van der Waals surface area contributed by atoms with Crippen LogP contribution < -0.4 is 0 Å². The van der Waals surface area contributed by atoms with E-state index in [-0.39, 0.29) is 11.8 Å². The van der Waals surface area contributed by atoms with Crippen LogP contribution in [0.25, 0.3) is 0 Å². The summed E-state index contributed by atoms with van der Waals surface area (Å²) in [6, 6.07) is 0.528. The Kier molecular flexibility index (Phi) is 5.27. The van der Waals surface area contributed by atoms with Gasteiger partial charge in [-0.1, -0.05) is 0 Å². The van der Waals surface area contributed by atoms with Crippen molar-refractivity contribution in [1.82, 2.24) is 14.1 Å². The molecule has 1 unspecified atom stereocenters. The van der Waals surface area contributed by atoms with E-state index in [0.717, 1.165) is 32.6 Å². The number of nitrogens with zero attached hydrogens (tertiary/aromatic N) is 3. The number of hydrogen-bond donors (Lipinski definition) is 0. The topological polar surface area (TPSA) is 60.9 Å². The zero-order valence-electron chi connectivity index (χ0n) is 13.3. The molecule has 122 valence electrons. The van der Waals surface area contributed by atoms with Crippen LogP contribution in [0.3, 0.4) is 0 Å². The van der Waals surface area contributed by atoms with Gasteiger partial charge in [-0.25, -0.2) is 12.7 Å². The van der Waals surface area contributed by atoms with Crippen LogP contribution in [0.2, 0.25) is 0 Å². The van der Waals surface area contributed by atoms with Crippen molar-refractivity contribution in [2.24, 2.45) is 5.92 Å². The fourth-order valence-electron chi connectivity index (χ4n) is 3.13. The molecule has 7 heteroatoms. The first-order valence-corrected chi connectivity index (χ1v) is 9.59. The SMILES string of the molecule is CC(C)N1CCN(C(=O)CC2CCN(S(C)(=O)=O)C2)CC1. The van der Waals surface area contributed by atoms with Gasteiger partial charge in [0.25, 0.3) is 0 Å². The van der Waals surface area contributed by atoms with Crippen molar-refractivity contribution in [2.75, 3.05) is 45.5 Å². The van der Waals surface area contributed by atoms with Crippen LogP contribution in [0.15, 0.2) is 0 Å². The number of hydrogen-bond acceptors (Lipinski definition) is 4. The van der Waals surface area contributed by atoms with Gasteiger partial charge in [-0.15, -0.1) is 0 Å². The highest BCUT2D eigenvalue weighted by Gasteiger charge is 2.31.